The normalized spacial score (nSPS) is 11.7. The van der Waals surface area contributed by atoms with Gasteiger partial charge >= 0.3 is 5.97 Å². The second-order valence-corrected chi connectivity index (χ2v) is 7.60. The summed E-state index contributed by atoms with van der Waals surface area (Å²) in [5.74, 6) is -1.59. The van der Waals surface area contributed by atoms with E-state index in [2.05, 4.69) is 18.2 Å². The Morgan fingerprint density at radius 3 is 2.52 bits per heavy atom. The molecule has 2 aromatic rings. The number of carboxylic acids is 1. The first kappa shape index (κ1) is 17.4. The van der Waals surface area contributed by atoms with Gasteiger partial charge in [-0.05, 0) is 22.8 Å². The van der Waals surface area contributed by atoms with Crippen molar-refractivity contribution >= 4 is 26.6 Å². The van der Waals surface area contributed by atoms with Crippen molar-refractivity contribution < 1.29 is 23.1 Å². The second kappa shape index (κ2) is 8.08. The predicted molar refractivity (Wildman–Crippen MR) is 89.4 cm³/mol. The van der Waals surface area contributed by atoms with E-state index in [9.17, 15) is 13.2 Å². The fourth-order valence-corrected chi connectivity index (χ4v) is 3.39. The predicted octanol–water partition coefficient (Wildman–Crippen LogP) is 2.29. The van der Waals surface area contributed by atoms with Crippen molar-refractivity contribution in [3.8, 4) is 0 Å². The number of carboxylic acid groups (broad SMARTS) is 1. The van der Waals surface area contributed by atoms with Crippen LogP contribution in [-0.2, 0) is 25.8 Å². The number of hydrogen-bond donors (Lipinski definition) is 1. The third kappa shape index (κ3) is 5.65. The number of ether oxygens (including phenoxy) is 1. The minimum Gasteiger partial charge on any atom is -0.481 e. The first-order valence-electron chi connectivity index (χ1n) is 7.44. The molecule has 0 bridgehead atoms. The van der Waals surface area contributed by atoms with Gasteiger partial charge in [0.25, 0.3) is 0 Å². The van der Waals surface area contributed by atoms with E-state index in [1.165, 1.54) is 10.8 Å². The molecule has 0 fully saturated rings. The van der Waals surface area contributed by atoms with Crippen LogP contribution in [0.5, 0.6) is 0 Å². The van der Waals surface area contributed by atoms with Crippen LogP contribution in [0.3, 0.4) is 0 Å². The van der Waals surface area contributed by atoms with Crippen molar-refractivity contribution in [3.05, 3.63) is 48.0 Å². The van der Waals surface area contributed by atoms with Crippen molar-refractivity contribution in [2.24, 2.45) is 0 Å². The van der Waals surface area contributed by atoms with Gasteiger partial charge in [-0.15, -0.1) is 0 Å². The molecule has 0 aliphatic heterocycles. The van der Waals surface area contributed by atoms with Gasteiger partial charge in [0.1, 0.15) is 0 Å². The Morgan fingerprint density at radius 2 is 1.74 bits per heavy atom. The Labute approximate surface area is 135 Å². The Morgan fingerprint density at radius 1 is 1.00 bits per heavy atom. The van der Waals surface area contributed by atoms with Gasteiger partial charge in [0.15, 0.2) is 9.84 Å². The zero-order valence-electron chi connectivity index (χ0n) is 12.8. The van der Waals surface area contributed by atoms with Crippen LogP contribution in [0.15, 0.2) is 42.5 Å². The van der Waals surface area contributed by atoms with Crippen LogP contribution in [0.1, 0.15) is 12.0 Å². The lowest BCUT2D eigenvalue weighted by atomic mass is 10.0. The zero-order chi connectivity index (χ0) is 16.7. The number of hydrogen-bond acceptors (Lipinski definition) is 4. The molecule has 5 nitrogen and oxygen atoms in total. The molecule has 0 saturated carbocycles. The quantitative estimate of drug-likeness (QED) is 0.711. The van der Waals surface area contributed by atoms with E-state index in [0.717, 1.165) is 5.56 Å². The van der Waals surface area contributed by atoms with Crippen molar-refractivity contribution in [1.82, 2.24) is 0 Å². The van der Waals surface area contributed by atoms with E-state index in [-0.39, 0.29) is 24.5 Å². The smallest absolute Gasteiger partial charge is 0.304 e. The van der Waals surface area contributed by atoms with Gasteiger partial charge in [0.05, 0.1) is 31.1 Å². The van der Waals surface area contributed by atoms with Gasteiger partial charge in [-0.3, -0.25) is 4.79 Å². The molecule has 0 radical (unpaired) electrons. The summed E-state index contributed by atoms with van der Waals surface area (Å²) in [7, 11) is -3.36. The largest absolute Gasteiger partial charge is 0.481 e. The molecule has 0 amide bonds. The summed E-state index contributed by atoms with van der Waals surface area (Å²) in [4.78, 5) is 10.4. The molecule has 0 heterocycles. The van der Waals surface area contributed by atoms with Crippen LogP contribution < -0.4 is 0 Å². The summed E-state index contributed by atoms with van der Waals surface area (Å²) in [6, 6.07) is 14.2. The molecular formula is C17H20O5S. The fourth-order valence-electron chi connectivity index (χ4n) is 2.33. The van der Waals surface area contributed by atoms with Gasteiger partial charge in [-0.2, -0.15) is 0 Å². The highest BCUT2D eigenvalue weighted by Gasteiger charge is 2.12. The molecule has 23 heavy (non-hydrogen) atoms. The minimum absolute atomic E-state index is 0.0900. The van der Waals surface area contributed by atoms with Gasteiger partial charge in [0.2, 0.25) is 0 Å². The summed E-state index contributed by atoms with van der Waals surface area (Å²) in [6.07, 6.45) is 0.342. The molecule has 0 unspecified atom stereocenters. The monoisotopic (exact) mass is 336 g/mol. The van der Waals surface area contributed by atoms with E-state index in [1.807, 2.05) is 24.3 Å². The summed E-state index contributed by atoms with van der Waals surface area (Å²) >= 11 is 0. The molecule has 6 heteroatoms. The lowest BCUT2D eigenvalue weighted by Crippen LogP contribution is -2.18. The maximum atomic E-state index is 11.6. The van der Waals surface area contributed by atoms with E-state index in [4.69, 9.17) is 9.84 Å². The third-order valence-corrected chi connectivity index (χ3v) is 5.18. The number of benzene rings is 2. The molecule has 2 rings (SSSR count). The summed E-state index contributed by atoms with van der Waals surface area (Å²) < 4.78 is 28.6. The number of carbonyl (C=O) groups is 1. The van der Waals surface area contributed by atoms with Crippen LogP contribution >= 0.6 is 0 Å². The zero-order valence-corrected chi connectivity index (χ0v) is 13.6. The first-order valence-corrected chi connectivity index (χ1v) is 9.27. The maximum absolute atomic E-state index is 11.6. The number of sulfone groups is 1. The molecule has 1 N–H and O–H groups in total. The van der Waals surface area contributed by atoms with E-state index in [1.54, 1.807) is 0 Å². The summed E-state index contributed by atoms with van der Waals surface area (Å²) in [6.45, 7) is 0.523. The van der Waals surface area contributed by atoms with Gasteiger partial charge in [-0.1, -0.05) is 42.5 Å². The summed E-state index contributed by atoms with van der Waals surface area (Å²) in [5.41, 5.74) is 1.16. The Kier molecular flexibility index (Phi) is 6.12. The molecule has 2 aromatic carbocycles. The standard InChI is InChI=1S/C17H20O5S/c18-17(19)9-12-23(20,21)13-11-22-10-8-15-6-3-5-14-4-1-2-7-16(14)15/h1-7H,8-13H2,(H,18,19). The molecule has 0 spiro atoms. The first-order chi connectivity index (χ1) is 11.0. The van der Waals surface area contributed by atoms with E-state index < -0.39 is 15.8 Å². The van der Waals surface area contributed by atoms with Gasteiger partial charge in [0, 0.05) is 0 Å². The Balaban J connectivity index is 1.78. The SMILES string of the molecule is O=C(O)CCS(=O)(=O)CCOCCc1cccc2ccccc12. The van der Waals surface area contributed by atoms with Crippen LogP contribution in [-0.4, -0.2) is 44.2 Å². The Bertz CT molecular complexity index is 762. The molecule has 0 saturated heterocycles. The molecule has 0 aromatic heterocycles. The highest BCUT2D eigenvalue weighted by Crippen LogP contribution is 2.18. The molecule has 0 aliphatic carbocycles. The highest BCUT2D eigenvalue weighted by atomic mass is 32.2. The number of aliphatic carboxylic acids is 1. The van der Waals surface area contributed by atoms with E-state index in [0.29, 0.717) is 13.0 Å². The van der Waals surface area contributed by atoms with E-state index >= 15 is 0 Å². The van der Waals surface area contributed by atoms with Crippen molar-refractivity contribution in [3.63, 3.8) is 0 Å². The highest BCUT2D eigenvalue weighted by molar-refractivity contribution is 7.91. The third-order valence-electron chi connectivity index (χ3n) is 3.56. The minimum atomic E-state index is -3.36. The molecule has 124 valence electrons. The van der Waals surface area contributed by atoms with Crippen molar-refractivity contribution in [2.75, 3.05) is 24.7 Å². The molecular weight excluding hydrogens is 316 g/mol. The average molecular weight is 336 g/mol. The van der Waals surface area contributed by atoms with Crippen LogP contribution in [0.2, 0.25) is 0 Å². The fraction of sp³-hybridized carbons (Fsp3) is 0.353. The van der Waals surface area contributed by atoms with Crippen LogP contribution in [0.25, 0.3) is 10.8 Å². The lowest BCUT2D eigenvalue weighted by molar-refractivity contribution is -0.136. The Hall–Kier alpha value is -1.92. The lowest BCUT2D eigenvalue weighted by Gasteiger charge is -2.08. The van der Waals surface area contributed by atoms with Gasteiger partial charge in [-0.25, -0.2) is 8.42 Å². The molecule has 0 aliphatic rings. The molecule has 0 atom stereocenters. The second-order valence-electron chi connectivity index (χ2n) is 5.30. The number of rotatable bonds is 9. The van der Waals surface area contributed by atoms with Gasteiger partial charge < -0.3 is 9.84 Å². The topological polar surface area (TPSA) is 80.7 Å². The maximum Gasteiger partial charge on any atom is 0.304 e. The number of fused-ring (bicyclic) bond motifs is 1. The average Bonchev–Trinajstić information content (AvgIpc) is 2.53. The van der Waals surface area contributed by atoms with Crippen LogP contribution in [0.4, 0.5) is 0 Å². The summed E-state index contributed by atoms with van der Waals surface area (Å²) in [5, 5.41) is 10.8. The van der Waals surface area contributed by atoms with Crippen molar-refractivity contribution in [2.45, 2.75) is 12.8 Å². The van der Waals surface area contributed by atoms with Crippen molar-refractivity contribution in [1.29, 1.82) is 0 Å². The van der Waals surface area contributed by atoms with Crippen LogP contribution in [0, 0.1) is 0 Å².